The molecule has 0 bridgehead atoms. The van der Waals surface area contributed by atoms with Crippen molar-refractivity contribution in [3.63, 3.8) is 0 Å². The van der Waals surface area contributed by atoms with Gasteiger partial charge in [0, 0.05) is 26.1 Å². The molecule has 28 heavy (non-hydrogen) atoms. The quantitative estimate of drug-likeness (QED) is 0.539. The molecular weight excluding hydrogens is 352 g/mol. The number of benzene rings is 1. The SMILES string of the molecule is C#C[C@H]1C[C@]2(C)[C@@H](OCOC)CC[C@H]2[C@@H]2CCc3cc(OCOC)ccc3[C@H]21. The first-order valence-electron chi connectivity index (χ1n) is 10.4. The lowest BCUT2D eigenvalue weighted by molar-refractivity contribution is -0.129. The highest BCUT2D eigenvalue weighted by Crippen LogP contribution is 2.63. The zero-order valence-electron chi connectivity index (χ0n) is 17.3. The minimum absolute atomic E-state index is 0.149. The van der Waals surface area contributed by atoms with Gasteiger partial charge >= 0.3 is 0 Å². The van der Waals surface area contributed by atoms with Crippen LogP contribution in [0.1, 0.15) is 49.7 Å². The smallest absolute Gasteiger partial charge is 0.188 e. The van der Waals surface area contributed by atoms with E-state index in [0.717, 1.165) is 25.0 Å². The molecule has 0 spiro atoms. The van der Waals surface area contributed by atoms with Crippen molar-refractivity contribution < 1.29 is 18.9 Å². The topological polar surface area (TPSA) is 36.9 Å². The molecule has 0 N–H and O–H groups in total. The second kappa shape index (κ2) is 8.06. The first-order chi connectivity index (χ1) is 13.6. The maximum Gasteiger partial charge on any atom is 0.188 e. The van der Waals surface area contributed by atoms with E-state index in [1.54, 1.807) is 14.2 Å². The Balaban J connectivity index is 1.62. The van der Waals surface area contributed by atoms with Gasteiger partial charge < -0.3 is 18.9 Å². The Morgan fingerprint density at radius 2 is 1.96 bits per heavy atom. The van der Waals surface area contributed by atoms with E-state index in [4.69, 9.17) is 25.4 Å². The summed E-state index contributed by atoms with van der Waals surface area (Å²) in [7, 11) is 3.34. The Bertz CT molecular complexity index is 739. The largest absolute Gasteiger partial charge is 0.468 e. The second-order valence-electron chi connectivity index (χ2n) is 8.87. The van der Waals surface area contributed by atoms with Crippen LogP contribution in [0.4, 0.5) is 0 Å². The van der Waals surface area contributed by atoms with E-state index in [9.17, 15) is 0 Å². The van der Waals surface area contributed by atoms with Crippen LogP contribution in [0.3, 0.4) is 0 Å². The summed E-state index contributed by atoms with van der Waals surface area (Å²) < 4.78 is 22.0. The van der Waals surface area contributed by atoms with Crippen LogP contribution >= 0.6 is 0 Å². The molecule has 1 aromatic rings. The first-order valence-corrected chi connectivity index (χ1v) is 10.4. The second-order valence-corrected chi connectivity index (χ2v) is 8.87. The number of terminal acetylenes is 1. The van der Waals surface area contributed by atoms with Crippen LogP contribution in [0, 0.1) is 35.5 Å². The minimum Gasteiger partial charge on any atom is -0.468 e. The van der Waals surface area contributed by atoms with Crippen molar-refractivity contribution in [1.29, 1.82) is 0 Å². The summed E-state index contributed by atoms with van der Waals surface area (Å²) in [5.74, 6) is 6.05. The molecule has 0 saturated heterocycles. The molecule has 6 atom stereocenters. The molecule has 0 unspecified atom stereocenters. The molecule has 0 radical (unpaired) electrons. The van der Waals surface area contributed by atoms with Crippen molar-refractivity contribution >= 4 is 0 Å². The summed E-state index contributed by atoms with van der Waals surface area (Å²) in [6.07, 6.45) is 12.0. The minimum atomic E-state index is 0.149. The molecule has 4 heteroatoms. The number of methoxy groups -OCH3 is 2. The van der Waals surface area contributed by atoms with E-state index in [1.165, 1.54) is 24.0 Å². The van der Waals surface area contributed by atoms with E-state index in [1.807, 2.05) is 0 Å². The Hall–Kier alpha value is -1.54. The van der Waals surface area contributed by atoms with Crippen LogP contribution < -0.4 is 4.74 Å². The van der Waals surface area contributed by atoms with Gasteiger partial charge in [-0.3, -0.25) is 0 Å². The Morgan fingerprint density at radius 3 is 2.71 bits per heavy atom. The van der Waals surface area contributed by atoms with Crippen LogP contribution in [0.2, 0.25) is 0 Å². The van der Waals surface area contributed by atoms with Crippen LogP contribution in [-0.2, 0) is 20.6 Å². The van der Waals surface area contributed by atoms with E-state index < -0.39 is 0 Å². The maximum atomic E-state index is 6.10. The predicted octanol–water partition coefficient (Wildman–Crippen LogP) is 4.37. The number of hydrogen-bond donors (Lipinski definition) is 0. The van der Waals surface area contributed by atoms with Crippen LogP contribution in [0.5, 0.6) is 5.75 Å². The predicted molar refractivity (Wildman–Crippen MR) is 108 cm³/mol. The first kappa shape index (κ1) is 19.8. The van der Waals surface area contributed by atoms with Gasteiger partial charge in [-0.25, -0.2) is 0 Å². The fraction of sp³-hybridized carbons (Fsp3) is 0.667. The van der Waals surface area contributed by atoms with Crippen LogP contribution in [0.25, 0.3) is 0 Å². The molecule has 152 valence electrons. The van der Waals surface area contributed by atoms with Gasteiger partial charge in [-0.15, -0.1) is 12.3 Å². The van der Waals surface area contributed by atoms with E-state index >= 15 is 0 Å². The van der Waals surface area contributed by atoms with Crippen molar-refractivity contribution in [2.24, 2.45) is 23.2 Å². The number of rotatable bonds is 6. The lowest BCUT2D eigenvalue weighted by Gasteiger charge is -2.53. The number of hydrogen-bond acceptors (Lipinski definition) is 4. The lowest BCUT2D eigenvalue weighted by atomic mass is 9.52. The molecule has 2 saturated carbocycles. The molecule has 3 aliphatic rings. The number of aryl methyl sites for hydroxylation is 1. The third-order valence-corrected chi connectivity index (χ3v) is 7.56. The number of fused-ring (bicyclic) bond motifs is 5. The molecule has 4 nitrogen and oxygen atoms in total. The van der Waals surface area contributed by atoms with Gasteiger partial charge in [0.2, 0.25) is 0 Å². The number of ether oxygens (including phenoxy) is 4. The molecule has 0 heterocycles. The normalized spacial score (nSPS) is 36.1. The molecule has 0 aliphatic heterocycles. The molecule has 4 rings (SSSR count). The third-order valence-electron chi connectivity index (χ3n) is 7.56. The molecule has 2 fully saturated rings. The molecule has 1 aromatic carbocycles. The van der Waals surface area contributed by atoms with Crippen LogP contribution in [-0.4, -0.2) is 33.9 Å². The van der Waals surface area contributed by atoms with Gasteiger partial charge in [0.05, 0.1) is 6.10 Å². The Morgan fingerprint density at radius 1 is 1.14 bits per heavy atom. The monoisotopic (exact) mass is 384 g/mol. The highest BCUT2D eigenvalue weighted by molar-refractivity contribution is 5.42. The highest BCUT2D eigenvalue weighted by atomic mass is 16.7. The van der Waals surface area contributed by atoms with Crippen molar-refractivity contribution in [3.8, 4) is 18.1 Å². The molecule has 3 aliphatic carbocycles. The maximum absolute atomic E-state index is 6.10. The van der Waals surface area contributed by atoms with Gasteiger partial charge in [-0.1, -0.05) is 13.0 Å². The van der Waals surface area contributed by atoms with Gasteiger partial charge in [0.25, 0.3) is 0 Å². The fourth-order valence-corrected chi connectivity index (χ4v) is 6.44. The van der Waals surface area contributed by atoms with Gasteiger partial charge in [0.1, 0.15) is 12.5 Å². The average molecular weight is 385 g/mol. The van der Waals surface area contributed by atoms with E-state index in [-0.39, 0.29) is 24.2 Å². The molecular formula is C24H32O4. The van der Waals surface area contributed by atoms with E-state index in [0.29, 0.717) is 24.5 Å². The van der Waals surface area contributed by atoms with Crippen LogP contribution in [0.15, 0.2) is 18.2 Å². The van der Waals surface area contributed by atoms with Gasteiger partial charge in [-0.2, -0.15) is 0 Å². The van der Waals surface area contributed by atoms with Gasteiger partial charge in [-0.05, 0) is 72.6 Å². The van der Waals surface area contributed by atoms with Crippen molar-refractivity contribution in [2.45, 2.75) is 51.0 Å². The summed E-state index contributed by atoms with van der Waals surface area (Å²) in [5, 5.41) is 0. The lowest BCUT2D eigenvalue weighted by Crippen LogP contribution is -2.48. The summed E-state index contributed by atoms with van der Waals surface area (Å²) in [6.45, 7) is 3.05. The van der Waals surface area contributed by atoms with E-state index in [2.05, 4.69) is 31.0 Å². The average Bonchev–Trinajstić information content (AvgIpc) is 3.05. The summed E-state index contributed by atoms with van der Waals surface area (Å²) >= 11 is 0. The van der Waals surface area contributed by atoms with Gasteiger partial charge in [0.15, 0.2) is 6.79 Å². The molecule has 0 aromatic heterocycles. The summed E-state index contributed by atoms with van der Waals surface area (Å²) in [6, 6.07) is 6.50. The standard InChI is InChI=1S/C24H32O4/c1-5-16-13-24(2)21(10-11-22(24)28-15-26-4)20-8-6-17-12-18(27-14-25-3)7-9-19(17)23(16)20/h1,7,9,12,16,20-23H,6,8,10-11,13-15H2,2-4H3/t16-,20-,21-,22-,23+,24-/m0/s1. The zero-order chi connectivity index (χ0) is 19.7. The fourth-order valence-electron chi connectivity index (χ4n) is 6.44. The van der Waals surface area contributed by atoms with Crippen molar-refractivity contribution in [1.82, 2.24) is 0 Å². The van der Waals surface area contributed by atoms with Crippen molar-refractivity contribution in [3.05, 3.63) is 29.3 Å². The third kappa shape index (κ3) is 3.24. The highest BCUT2D eigenvalue weighted by Gasteiger charge is 2.58. The Labute approximate surface area is 168 Å². The Kier molecular flexibility index (Phi) is 5.69. The summed E-state index contributed by atoms with van der Waals surface area (Å²) in [5.41, 5.74) is 2.98. The summed E-state index contributed by atoms with van der Waals surface area (Å²) in [4.78, 5) is 0. The zero-order valence-corrected chi connectivity index (χ0v) is 17.3. The molecule has 0 amide bonds. The van der Waals surface area contributed by atoms with Crippen molar-refractivity contribution in [2.75, 3.05) is 27.8 Å².